The van der Waals surface area contributed by atoms with Gasteiger partial charge in [0.15, 0.2) is 0 Å². The summed E-state index contributed by atoms with van der Waals surface area (Å²) in [6.45, 7) is 3.49. The minimum absolute atomic E-state index is 0.104. The molecule has 0 aliphatic heterocycles. The van der Waals surface area contributed by atoms with Crippen molar-refractivity contribution in [3.8, 4) is 16.3 Å². The Morgan fingerprint density at radius 2 is 2.21 bits per heavy atom. The SMILES string of the molecule is COc1cc(-c2ccoc2S(=O)(=O)NC(C)C)sn1. The highest BCUT2D eigenvalue weighted by molar-refractivity contribution is 7.89. The lowest BCUT2D eigenvalue weighted by molar-refractivity contribution is 0.402. The van der Waals surface area contributed by atoms with E-state index in [1.54, 1.807) is 26.0 Å². The van der Waals surface area contributed by atoms with E-state index in [0.29, 0.717) is 16.3 Å². The Morgan fingerprint density at radius 1 is 1.47 bits per heavy atom. The van der Waals surface area contributed by atoms with Gasteiger partial charge in [0.2, 0.25) is 11.0 Å². The molecule has 0 aromatic carbocycles. The molecule has 2 rings (SSSR count). The van der Waals surface area contributed by atoms with Crippen LogP contribution in [0.5, 0.6) is 5.88 Å². The smallest absolute Gasteiger partial charge is 0.274 e. The zero-order valence-corrected chi connectivity index (χ0v) is 12.3. The van der Waals surface area contributed by atoms with Crippen molar-refractivity contribution in [2.24, 2.45) is 0 Å². The molecule has 2 aromatic heterocycles. The van der Waals surface area contributed by atoms with Crippen LogP contribution < -0.4 is 9.46 Å². The van der Waals surface area contributed by atoms with Gasteiger partial charge in [0.1, 0.15) is 0 Å². The maximum absolute atomic E-state index is 12.1. The second-order valence-corrected chi connectivity index (χ2v) is 6.55. The van der Waals surface area contributed by atoms with Crippen LogP contribution in [-0.4, -0.2) is 25.9 Å². The summed E-state index contributed by atoms with van der Waals surface area (Å²) in [5, 5.41) is -0.104. The van der Waals surface area contributed by atoms with Crippen LogP contribution in [0.1, 0.15) is 13.8 Å². The van der Waals surface area contributed by atoms with Crippen molar-refractivity contribution >= 4 is 21.6 Å². The molecule has 0 saturated heterocycles. The van der Waals surface area contributed by atoms with Gasteiger partial charge in [0.05, 0.1) is 23.8 Å². The van der Waals surface area contributed by atoms with Crippen LogP contribution in [0.15, 0.2) is 27.9 Å². The summed E-state index contributed by atoms with van der Waals surface area (Å²) >= 11 is 1.15. The molecule has 0 aliphatic carbocycles. The second-order valence-electron chi connectivity index (χ2n) is 4.13. The summed E-state index contributed by atoms with van der Waals surface area (Å²) in [5.41, 5.74) is 0.481. The molecule has 0 amide bonds. The summed E-state index contributed by atoms with van der Waals surface area (Å²) in [6, 6.07) is 3.06. The van der Waals surface area contributed by atoms with Crippen molar-refractivity contribution in [3.05, 3.63) is 18.4 Å². The van der Waals surface area contributed by atoms with Gasteiger partial charge in [-0.1, -0.05) is 0 Å². The molecular formula is C11H14N2O4S2. The summed E-state index contributed by atoms with van der Waals surface area (Å²) < 4.78 is 40.9. The highest BCUT2D eigenvalue weighted by Crippen LogP contribution is 2.33. The van der Waals surface area contributed by atoms with E-state index in [4.69, 9.17) is 9.15 Å². The highest BCUT2D eigenvalue weighted by atomic mass is 32.2. The van der Waals surface area contributed by atoms with Crippen LogP contribution in [0.3, 0.4) is 0 Å². The first-order chi connectivity index (χ1) is 8.94. The first-order valence-corrected chi connectivity index (χ1v) is 7.80. The van der Waals surface area contributed by atoms with Gasteiger partial charge in [-0.3, -0.25) is 0 Å². The third-order valence-electron chi connectivity index (χ3n) is 2.23. The monoisotopic (exact) mass is 302 g/mol. The van der Waals surface area contributed by atoms with Crippen molar-refractivity contribution in [1.82, 2.24) is 9.10 Å². The number of hydrogen-bond donors (Lipinski definition) is 1. The number of hydrogen-bond acceptors (Lipinski definition) is 6. The molecule has 2 heterocycles. The van der Waals surface area contributed by atoms with Crippen molar-refractivity contribution in [1.29, 1.82) is 0 Å². The Balaban J connectivity index is 2.42. The Kier molecular flexibility index (Phi) is 3.93. The van der Waals surface area contributed by atoms with E-state index >= 15 is 0 Å². The molecule has 0 bridgehead atoms. The molecular weight excluding hydrogens is 288 g/mol. The number of aromatic nitrogens is 1. The standard InChI is InChI=1S/C11H14N2O4S2/c1-7(2)13-19(14,15)11-8(4-5-17-11)9-6-10(16-3)12-18-9/h4-7,13H,1-3H3. The van der Waals surface area contributed by atoms with Crippen LogP contribution in [-0.2, 0) is 10.0 Å². The van der Waals surface area contributed by atoms with Crippen LogP contribution in [0, 0.1) is 0 Å². The van der Waals surface area contributed by atoms with Crippen LogP contribution >= 0.6 is 11.5 Å². The molecule has 0 unspecified atom stereocenters. The Morgan fingerprint density at radius 3 is 2.79 bits per heavy atom. The summed E-state index contributed by atoms with van der Waals surface area (Å²) in [5.74, 6) is 0.446. The Hall–Kier alpha value is -1.38. The van der Waals surface area contributed by atoms with Gasteiger partial charge in [-0.05, 0) is 31.4 Å². The van der Waals surface area contributed by atoms with Gasteiger partial charge in [0.25, 0.3) is 10.0 Å². The first-order valence-electron chi connectivity index (χ1n) is 5.55. The number of methoxy groups -OCH3 is 1. The van der Waals surface area contributed by atoms with Crippen LogP contribution in [0.25, 0.3) is 10.4 Å². The van der Waals surface area contributed by atoms with Gasteiger partial charge < -0.3 is 9.15 Å². The normalized spacial score (nSPS) is 12.0. The molecule has 6 nitrogen and oxygen atoms in total. The van der Waals surface area contributed by atoms with Gasteiger partial charge in [-0.25, -0.2) is 13.1 Å². The molecule has 2 aromatic rings. The van der Waals surface area contributed by atoms with Crippen molar-refractivity contribution < 1.29 is 17.6 Å². The summed E-state index contributed by atoms with van der Waals surface area (Å²) in [7, 11) is -2.16. The molecule has 104 valence electrons. The zero-order valence-electron chi connectivity index (χ0n) is 10.7. The van der Waals surface area contributed by atoms with Crippen molar-refractivity contribution in [2.45, 2.75) is 25.0 Å². The fourth-order valence-electron chi connectivity index (χ4n) is 1.53. The van der Waals surface area contributed by atoms with E-state index in [1.807, 2.05) is 0 Å². The molecule has 1 N–H and O–H groups in total. The van der Waals surface area contributed by atoms with E-state index in [9.17, 15) is 8.42 Å². The third kappa shape index (κ3) is 2.96. The summed E-state index contributed by atoms with van der Waals surface area (Å²) in [4.78, 5) is 0.676. The lowest BCUT2D eigenvalue weighted by atomic mass is 10.3. The molecule has 0 radical (unpaired) electrons. The number of furan rings is 1. The van der Waals surface area contributed by atoms with Crippen molar-refractivity contribution in [3.63, 3.8) is 0 Å². The largest absolute Gasteiger partial charge is 0.480 e. The molecule has 19 heavy (non-hydrogen) atoms. The quantitative estimate of drug-likeness (QED) is 0.914. The second kappa shape index (κ2) is 5.32. The highest BCUT2D eigenvalue weighted by Gasteiger charge is 2.25. The van der Waals surface area contributed by atoms with E-state index in [1.165, 1.54) is 13.4 Å². The minimum atomic E-state index is -3.67. The molecule has 0 atom stereocenters. The molecule has 0 saturated carbocycles. The van der Waals surface area contributed by atoms with Gasteiger partial charge in [0, 0.05) is 12.1 Å². The maximum atomic E-state index is 12.1. The molecule has 8 heteroatoms. The van der Waals surface area contributed by atoms with Gasteiger partial charge >= 0.3 is 0 Å². The average molecular weight is 302 g/mol. The lowest BCUT2D eigenvalue weighted by Crippen LogP contribution is -2.30. The fraction of sp³-hybridized carbons (Fsp3) is 0.364. The number of nitrogens with one attached hydrogen (secondary N) is 1. The fourth-order valence-corrected chi connectivity index (χ4v) is 3.70. The summed E-state index contributed by atoms with van der Waals surface area (Å²) in [6.07, 6.45) is 1.34. The van der Waals surface area contributed by atoms with Gasteiger partial charge in [-0.2, -0.15) is 4.37 Å². The predicted molar refractivity (Wildman–Crippen MR) is 71.8 cm³/mol. The zero-order chi connectivity index (χ0) is 14.0. The first kappa shape index (κ1) is 14.0. The molecule has 0 aliphatic rings. The number of sulfonamides is 1. The Labute approximate surface area is 115 Å². The average Bonchev–Trinajstić information content (AvgIpc) is 2.96. The maximum Gasteiger partial charge on any atom is 0.274 e. The number of rotatable bonds is 5. The van der Waals surface area contributed by atoms with Crippen LogP contribution in [0.2, 0.25) is 0 Å². The van der Waals surface area contributed by atoms with E-state index in [2.05, 4.69) is 9.10 Å². The van der Waals surface area contributed by atoms with E-state index in [-0.39, 0.29) is 11.1 Å². The molecule has 0 fully saturated rings. The topological polar surface area (TPSA) is 81.4 Å². The minimum Gasteiger partial charge on any atom is -0.480 e. The third-order valence-corrected chi connectivity index (χ3v) is 4.62. The molecule has 0 spiro atoms. The van der Waals surface area contributed by atoms with Gasteiger partial charge in [-0.15, -0.1) is 0 Å². The number of ether oxygens (including phenoxy) is 1. The Bertz CT molecular complexity index is 658. The van der Waals surface area contributed by atoms with Crippen molar-refractivity contribution in [2.75, 3.05) is 7.11 Å². The van der Waals surface area contributed by atoms with E-state index < -0.39 is 10.0 Å². The predicted octanol–water partition coefficient (Wildman–Crippen LogP) is 2.10. The van der Waals surface area contributed by atoms with E-state index in [0.717, 1.165) is 11.5 Å². The van der Waals surface area contributed by atoms with Crippen LogP contribution in [0.4, 0.5) is 0 Å². The lowest BCUT2D eigenvalue weighted by Gasteiger charge is -2.08. The number of nitrogens with zero attached hydrogens (tertiary/aromatic N) is 1.